The van der Waals surface area contributed by atoms with E-state index in [1.807, 2.05) is 0 Å². The second-order valence-corrected chi connectivity index (χ2v) is 13.5. The molecule has 0 aliphatic heterocycles. The maximum Gasteiger partial charge on any atom is 0.306 e. The molecule has 6 nitrogen and oxygen atoms in total. The van der Waals surface area contributed by atoms with Crippen LogP contribution in [-0.4, -0.2) is 37.2 Å². The van der Waals surface area contributed by atoms with Crippen molar-refractivity contribution in [2.45, 2.75) is 187 Å². The van der Waals surface area contributed by atoms with E-state index in [1.54, 1.807) is 0 Å². The molecule has 0 rings (SSSR count). The molecule has 0 aromatic rings. The fourth-order valence-electron chi connectivity index (χ4n) is 5.32. The Morgan fingerprint density at radius 2 is 0.750 bits per heavy atom. The molecule has 0 spiro atoms. The summed E-state index contributed by atoms with van der Waals surface area (Å²) in [6, 6.07) is 0. The average molecular weight is 725 g/mol. The molecule has 0 N–H and O–H groups in total. The van der Waals surface area contributed by atoms with Crippen LogP contribution >= 0.6 is 0 Å². The monoisotopic (exact) mass is 725 g/mol. The van der Waals surface area contributed by atoms with Crippen molar-refractivity contribution in [1.82, 2.24) is 0 Å². The summed E-state index contributed by atoms with van der Waals surface area (Å²) in [5, 5.41) is 0. The zero-order chi connectivity index (χ0) is 38.0. The van der Waals surface area contributed by atoms with Crippen LogP contribution < -0.4 is 0 Å². The molecule has 0 saturated carbocycles. The molecule has 0 radical (unpaired) electrons. The fraction of sp³-hybridized carbons (Fsp3) is 0.674. The maximum absolute atomic E-state index is 12.5. The predicted molar refractivity (Wildman–Crippen MR) is 219 cm³/mol. The van der Waals surface area contributed by atoms with Crippen LogP contribution in [0.3, 0.4) is 0 Å². The van der Waals surface area contributed by atoms with Crippen molar-refractivity contribution >= 4 is 17.9 Å². The molecule has 0 bridgehead atoms. The van der Waals surface area contributed by atoms with Crippen LogP contribution in [0.2, 0.25) is 0 Å². The predicted octanol–water partition coefficient (Wildman–Crippen LogP) is 13.1. The van der Waals surface area contributed by atoms with Gasteiger partial charge in [-0.15, -0.1) is 0 Å². The number of esters is 3. The van der Waals surface area contributed by atoms with Crippen LogP contribution in [0, 0.1) is 0 Å². The lowest BCUT2D eigenvalue weighted by atomic mass is 10.1. The van der Waals surface area contributed by atoms with Crippen molar-refractivity contribution in [2.24, 2.45) is 0 Å². The highest BCUT2D eigenvalue weighted by Crippen LogP contribution is 2.12. The third-order valence-electron chi connectivity index (χ3n) is 8.48. The van der Waals surface area contributed by atoms with Gasteiger partial charge in [-0.1, -0.05) is 164 Å². The third kappa shape index (κ3) is 38.1. The van der Waals surface area contributed by atoms with E-state index >= 15 is 0 Å². The summed E-state index contributed by atoms with van der Waals surface area (Å²) in [5.74, 6) is -0.961. The number of hydrogen-bond donors (Lipinski definition) is 0. The highest BCUT2D eigenvalue weighted by atomic mass is 16.6. The van der Waals surface area contributed by atoms with E-state index in [1.165, 1.54) is 44.9 Å². The van der Waals surface area contributed by atoms with Crippen LogP contribution in [0.25, 0.3) is 0 Å². The highest BCUT2D eigenvalue weighted by molar-refractivity contribution is 5.71. The van der Waals surface area contributed by atoms with Gasteiger partial charge in [0, 0.05) is 19.3 Å². The molecule has 0 amide bonds. The summed E-state index contributed by atoms with van der Waals surface area (Å²) in [4.78, 5) is 37.3. The topological polar surface area (TPSA) is 78.9 Å². The van der Waals surface area contributed by atoms with Crippen molar-refractivity contribution in [1.29, 1.82) is 0 Å². The highest BCUT2D eigenvalue weighted by Gasteiger charge is 2.19. The first-order chi connectivity index (χ1) is 25.5. The zero-order valence-electron chi connectivity index (χ0n) is 33.5. The number of carbonyl (C=O) groups excluding carboxylic acids is 3. The van der Waals surface area contributed by atoms with Gasteiger partial charge < -0.3 is 14.2 Å². The van der Waals surface area contributed by atoms with E-state index in [9.17, 15) is 14.4 Å². The summed E-state index contributed by atoms with van der Waals surface area (Å²) in [5.41, 5.74) is 0. The van der Waals surface area contributed by atoms with Crippen molar-refractivity contribution in [3.05, 3.63) is 72.9 Å². The minimum Gasteiger partial charge on any atom is -0.462 e. The quantitative estimate of drug-likeness (QED) is 0.0277. The average Bonchev–Trinajstić information content (AvgIpc) is 3.14. The Morgan fingerprint density at radius 1 is 0.404 bits per heavy atom. The Balaban J connectivity index is 4.27. The molecule has 0 aliphatic rings. The van der Waals surface area contributed by atoms with Gasteiger partial charge in [-0.05, 0) is 70.6 Å². The molecular weight excluding hydrogens is 649 g/mol. The lowest BCUT2D eigenvalue weighted by Crippen LogP contribution is -2.30. The first-order valence-corrected chi connectivity index (χ1v) is 20.9. The Hall–Kier alpha value is -3.15. The molecular formula is C46H76O6. The van der Waals surface area contributed by atoms with E-state index < -0.39 is 6.10 Å². The minimum atomic E-state index is -0.784. The summed E-state index contributed by atoms with van der Waals surface area (Å²) in [6.07, 6.45) is 49.2. The van der Waals surface area contributed by atoms with Gasteiger partial charge >= 0.3 is 17.9 Å². The van der Waals surface area contributed by atoms with Gasteiger partial charge in [0.15, 0.2) is 6.10 Å². The molecule has 6 heteroatoms. The summed E-state index contributed by atoms with van der Waals surface area (Å²) in [7, 11) is 0. The maximum atomic E-state index is 12.5. The van der Waals surface area contributed by atoms with Gasteiger partial charge in [-0.3, -0.25) is 14.4 Å². The van der Waals surface area contributed by atoms with Crippen molar-refractivity contribution in [3.63, 3.8) is 0 Å². The van der Waals surface area contributed by atoms with Gasteiger partial charge in [0.05, 0.1) is 0 Å². The lowest BCUT2D eigenvalue weighted by Gasteiger charge is -2.18. The van der Waals surface area contributed by atoms with Crippen molar-refractivity contribution in [3.8, 4) is 0 Å². The van der Waals surface area contributed by atoms with Crippen LogP contribution in [0.1, 0.15) is 181 Å². The van der Waals surface area contributed by atoms with E-state index in [4.69, 9.17) is 14.2 Å². The van der Waals surface area contributed by atoms with Gasteiger partial charge in [0.2, 0.25) is 0 Å². The largest absolute Gasteiger partial charge is 0.462 e. The standard InChI is InChI=1S/C46H76O6/c1-4-7-10-13-16-17-18-19-20-21-22-23-24-25-26-27-28-29-31-33-36-39-45(48)51-42-43(41-50-44(47)38-35-32-15-12-9-6-3)52-46(49)40-37-34-30-14-11-8-5-2/h7,10,16-17,19-20,22-23,25-26,28-29,43H,4-6,8-9,11-15,18,21,24,27,30-42H2,1-3H3/b10-7-,17-16-,20-19-,23-22-,26-25-,29-28-. The Bertz CT molecular complexity index is 1020. The first kappa shape index (κ1) is 48.9. The van der Waals surface area contributed by atoms with Crippen LogP contribution in [0.4, 0.5) is 0 Å². The Morgan fingerprint density at radius 3 is 1.17 bits per heavy atom. The van der Waals surface area contributed by atoms with Gasteiger partial charge in [0.1, 0.15) is 13.2 Å². The van der Waals surface area contributed by atoms with Gasteiger partial charge in [-0.25, -0.2) is 0 Å². The van der Waals surface area contributed by atoms with Gasteiger partial charge in [-0.2, -0.15) is 0 Å². The van der Waals surface area contributed by atoms with Crippen molar-refractivity contribution < 1.29 is 28.6 Å². The zero-order valence-corrected chi connectivity index (χ0v) is 33.5. The molecule has 1 unspecified atom stereocenters. The molecule has 0 aliphatic carbocycles. The van der Waals surface area contributed by atoms with Crippen LogP contribution in [0.15, 0.2) is 72.9 Å². The molecule has 1 atom stereocenters. The fourth-order valence-corrected chi connectivity index (χ4v) is 5.32. The number of allylic oxidation sites excluding steroid dienone is 12. The molecule has 0 aromatic heterocycles. The SMILES string of the molecule is CC/C=C\C/C=C\C/C=C\C/C=C\C/C=C\C/C=C\CCCCC(=O)OCC(COC(=O)CCCCCCCC)OC(=O)CCCCCCCCC. The van der Waals surface area contributed by atoms with E-state index in [0.717, 1.165) is 96.3 Å². The number of rotatable bonds is 36. The summed E-state index contributed by atoms with van der Waals surface area (Å²) in [6.45, 7) is 6.34. The van der Waals surface area contributed by atoms with Crippen LogP contribution in [0.5, 0.6) is 0 Å². The number of ether oxygens (including phenoxy) is 3. The van der Waals surface area contributed by atoms with E-state index in [0.29, 0.717) is 19.3 Å². The lowest BCUT2D eigenvalue weighted by molar-refractivity contribution is -0.167. The van der Waals surface area contributed by atoms with Gasteiger partial charge in [0.25, 0.3) is 0 Å². The normalized spacial score (nSPS) is 12.8. The van der Waals surface area contributed by atoms with Crippen LogP contribution in [-0.2, 0) is 28.6 Å². The molecule has 52 heavy (non-hydrogen) atoms. The summed E-state index contributed by atoms with van der Waals surface area (Å²) < 4.78 is 16.5. The number of hydrogen-bond acceptors (Lipinski definition) is 6. The van der Waals surface area contributed by atoms with E-state index in [-0.39, 0.29) is 31.1 Å². The Kier molecular flexibility index (Phi) is 38.2. The smallest absolute Gasteiger partial charge is 0.306 e. The molecule has 0 fully saturated rings. The summed E-state index contributed by atoms with van der Waals surface area (Å²) >= 11 is 0. The van der Waals surface area contributed by atoms with E-state index in [2.05, 4.69) is 93.7 Å². The minimum absolute atomic E-state index is 0.0899. The molecule has 0 saturated heterocycles. The molecule has 296 valence electrons. The second kappa shape index (κ2) is 40.6. The number of unbranched alkanes of at least 4 members (excludes halogenated alkanes) is 13. The molecule has 0 heterocycles. The third-order valence-corrected chi connectivity index (χ3v) is 8.48. The van der Waals surface area contributed by atoms with Crippen molar-refractivity contribution in [2.75, 3.05) is 13.2 Å². The molecule has 0 aromatic carbocycles. The number of carbonyl (C=O) groups is 3. The second-order valence-electron chi connectivity index (χ2n) is 13.5. The Labute approximate surface area is 319 Å². The first-order valence-electron chi connectivity index (χ1n) is 20.9.